The van der Waals surface area contributed by atoms with Crippen LogP contribution in [0.15, 0.2) is 0 Å². The van der Waals surface area contributed by atoms with Gasteiger partial charge in [-0.2, -0.15) is 0 Å². The van der Waals surface area contributed by atoms with Gasteiger partial charge in [0, 0.05) is 12.8 Å². The molecule has 10 heteroatoms. The van der Waals surface area contributed by atoms with Crippen LogP contribution in [0.4, 0.5) is 0 Å². The van der Waals surface area contributed by atoms with Gasteiger partial charge in [-0.3, -0.25) is 19.2 Å². The second-order valence-electron chi connectivity index (χ2n) is 3.90. The molecule has 10 N–H and O–H groups in total. The second kappa shape index (κ2) is 10.7. The molecule has 2 amide bonds. The van der Waals surface area contributed by atoms with Crippen molar-refractivity contribution >= 4 is 23.8 Å². The lowest BCUT2D eigenvalue weighted by Gasteiger charge is -2.01. The number of amides is 2. The molecule has 0 aliphatic carbocycles. The molecule has 116 valence electrons. The van der Waals surface area contributed by atoms with Gasteiger partial charge in [-0.1, -0.05) is 0 Å². The summed E-state index contributed by atoms with van der Waals surface area (Å²) in [6.07, 6.45) is 0.246. The maximum absolute atomic E-state index is 10.1. The minimum absolute atomic E-state index is 0.0213. The molecule has 20 heavy (non-hydrogen) atoms. The van der Waals surface area contributed by atoms with Crippen molar-refractivity contribution in [3.8, 4) is 0 Å². The van der Waals surface area contributed by atoms with Gasteiger partial charge in [0.15, 0.2) is 0 Å². The van der Waals surface area contributed by atoms with Gasteiger partial charge in [-0.05, 0) is 12.8 Å². The summed E-state index contributed by atoms with van der Waals surface area (Å²) in [5.41, 5.74) is 19.6. The van der Waals surface area contributed by atoms with Gasteiger partial charge in [0.1, 0.15) is 12.1 Å². The van der Waals surface area contributed by atoms with Crippen molar-refractivity contribution < 1.29 is 29.4 Å². The number of aliphatic carboxylic acids is 2. The first kappa shape index (κ1) is 20.1. The molecule has 0 saturated carbocycles. The zero-order chi connectivity index (χ0) is 16.3. The van der Waals surface area contributed by atoms with Gasteiger partial charge >= 0.3 is 11.9 Å². The first-order chi connectivity index (χ1) is 9.07. The van der Waals surface area contributed by atoms with E-state index in [2.05, 4.69) is 0 Å². The zero-order valence-electron chi connectivity index (χ0n) is 10.8. The smallest absolute Gasteiger partial charge is 0.320 e. The van der Waals surface area contributed by atoms with E-state index in [0.717, 1.165) is 0 Å². The van der Waals surface area contributed by atoms with E-state index in [4.69, 9.17) is 33.1 Å². The van der Waals surface area contributed by atoms with E-state index >= 15 is 0 Å². The third kappa shape index (κ3) is 13.9. The van der Waals surface area contributed by atoms with Crippen molar-refractivity contribution in [3.63, 3.8) is 0 Å². The Labute approximate surface area is 115 Å². The highest BCUT2D eigenvalue weighted by atomic mass is 16.4. The predicted octanol–water partition coefficient (Wildman–Crippen LogP) is -2.67. The fourth-order valence-electron chi connectivity index (χ4n) is 0.842. The normalized spacial score (nSPS) is 12.5. The lowest BCUT2D eigenvalue weighted by molar-refractivity contribution is -0.139. The summed E-state index contributed by atoms with van der Waals surface area (Å²) in [6.45, 7) is 0. The Morgan fingerprint density at radius 1 is 0.750 bits per heavy atom. The van der Waals surface area contributed by atoms with Gasteiger partial charge in [-0.25, -0.2) is 0 Å². The molecule has 0 aliphatic heterocycles. The van der Waals surface area contributed by atoms with E-state index in [1.165, 1.54) is 0 Å². The second-order valence-corrected chi connectivity index (χ2v) is 3.90. The molecule has 0 rings (SSSR count). The molecule has 0 spiro atoms. The van der Waals surface area contributed by atoms with Crippen LogP contribution in [-0.2, 0) is 19.2 Å². The van der Waals surface area contributed by atoms with Gasteiger partial charge in [-0.15, -0.1) is 0 Å². The van der Waals surface area contributed by atoms with Gasteiger partial charge < -0.3 is 33.1 Å². The number of hydrogen-bond acceptors (Lipinski definition) is 6. The van der Waals surface area contributed by atoms with Gasteiger partial charge in [0.2, 0.25) is 11.8 Å². The van der Waals surface area contributed by atoms with Crippen molar-refractivity contribution in [3.05, 3.63) is 0 Å². The third-order valence-electron chi connectivity index (χ3n) is 2.04. The number of carbonyl (C=O) groups excluding carboxylic acids is 2. The van der Waals surface area contributed by atoms with Crippen LogP contribution in [0, 0.1) is 0 Å². The first-order valence-electron chi connectivity index (χ1n) is 5.61. The van der Waals surface area contributed by atoms with Crippen LogP contribution < -0.4 is 22.9 Å². The molecule has 0 aromatic heterocycles. The quantitative estimate of drug-likeness (QED) is 0.276. The number of carboxylic acid groups (broad SMARTS) is 2. The number of carboxylic acids is 2. The van der Waals surface area contributed by atoms with Crippen LogP contribution in [0.25, 0.3) is 0 Å². The molecule has 0 unspecified atom stereocenters. The number of primary amides is 2. The molecule has 0 aromatic carbocycles. The molecule has 10 nitrogen and oxygen atoms in total. The fourth-order valence-corrected chi connectivity index (χ4v) is 0.842. The zero-order valence-corrected chi connectivity index (χ0v) is 10.8. The van der Waals surface area contributed by atoms with E-state index in [1.807, 2.05) is 0 Å². The largest absolute Gasteiger partial charge is 0.480 e. The minimum Gasteiger partial charge on any atom is -0.480 e. The number of nitrogens with two attached hydrogens (primary N) is 4. The number of rotatable bonds is 8. The summed E-state index contributed by atoms with van der Waals surface area (Å²) >= 11 is 0. The highest BCUT2D eigenvalue weighted by Gasteiger charge is 2.12. The maximum atomic E-state index is 10.1. The molecule has 0 saturated heterocycles. The average molecular weight is 292 g/mol. The van der Waals surface area contributed by atoms with E-state index in [0.29, 0.717) is 0 Å². The Kier molecular flexibility index (Phi) is 10.8. The SMILES string of the molecule is NC(=O)CC[C@H](N)C(=O)O.NC(=O)CC[C@H](N)C(=O)O. The first-order valence-corrected chi connectivity index (χ1v) is 5.61. The van der Waals surface area contributed by atoms with Crippen LogP contribution in [0.5, 0.6) is 0 Å². The average Bonchev–Trinajstić information content (AvgIpc) is 2.33. The van der Waals surface area contributed by atoms with E-state index < -0.39 is 35.8 Å². The van der Waals surface area contributed by atoms with Crippen LogP contribution in [-0.4, -0.2) is 46.0 Å². The molecule has 0 aliphatic rings. The molecular formula is C10H20N4O6. The summed E-state index contributed by atoms with van der Waals surface area (Å²) < 4.78 is 0. The van der Waals surface area contributed by atoms with E-state index in [-0.39, 0.29) is 25.7 Å². The van der Waals surface area contributed by atoms with Crippen LogP contribution >= 0.6 is 0 Å². The van der Waals surface area contributed by atoms with Gasteiger partial charge in [0.25, 0.3) is 0 Å². The molecular weight excluding hydrogens is 272 g/mol. The van der Waals surface area contributed by atoms with Crippen molar-refractivity contribution in [1.82, 2.24) is 0 Å². The van der Waals surface area contributed by atoms with Crippen LogP contribution in [0.3, 0.4) is 0 Å². The predicted molar refractivity (Wildman–Crippen MR) is 68.1 cm³/mol. The Morgan fingerprint density at radius 3 is 1.15 bits per heavy atom. The Bertz CT molecular complexity index is 326. The molecule has 0 aromatic rings. The van der Waals surface area contributed by atoms with Gasteiger partial charge in [0.05, 0.1) is 0 Å². The Balaban J connectivity index is 0. The molecule has 0 bridgehead atoms. The summed E-state index contributed by atoms with van der Waals surface area (Å²) in [5.74, 6) is -3.28. The number of hydrogen-bond donors (Lipinski definition) is 6. The van der Waals surface area contributed by atoms with Crippen molar-refractivity contribution in [2.75, 3.05) is 0 Å². The fraction of sp³-hybridized carbons (Fsp3) is 0.600. The monoisotopic (exact) mass is 292 g/mol. The maximum Gasteiger partial charge on any atom is 0.320 e. The number of carbonyl (C=O) groups is 4. The molecule has 2 atom stereocenters. The van der Waals surface area contributed by atoms with E-state index in [1.54, 1.807) is 0 Å². The molecule has 0 fully saturated rings. The topological polar surface area (TPSA) is 213 Å². The van der Waals surface area contributed by atoms with Crippen molar-refractivity contribution in [2.24, 2.45) is 22.9 Å². The summed E-state index contributed by atoms with van der Waals surface area (Å²) in [6, 6.07) is -1.96. The standard InChI is InChI=1S/2C5H10N2O3/c2*6-3(5(9)10)1-2-4(7)8/h2*3H,1-2,6H2,(H2,7,8)(H,9,10)/t2*3-/m00/s1. The van der Waals surface area contributed by atoms with Crippen LogP contribution in [0.1, 0.15) is 25.7 Å². The highest BCUT2D eigenvalue weighted by Crippen LogP contribution is 1.93. The molecule has 0 radical (unpaired) electrons. The lowest BCUT2D eigenvalue weighted by Crippen LogP contribution is -2.31. The summed E-state index contributed by atoms with van der Waals surface area (Å²) in [5, 5.41) is 16.4. The minimum atomic E-state index is -1.11. The highest BCUT2D eigenvalue weighted by molar-refractivity contribution is 5.77. The van der Waals surface area contributed by atoms with E-state index in [9.17, 15) is 19.2 Å². The summed E-state index contributed by atoms with van der Waals surface area (Å²) in [4.78, 5) is 40.3. The van der Waals surface area contributed by atoms with Crippen molar-refractivity contribution in [2.45, 2.75) is 37.8 Å². The lowest BCUT2D eigenvalue weighted by atomic mass is 10.2. The Morgan fingerprint density at radius 2 is 1.00 bits per heavy atom. The summed E-state index contributed by atoms with van der Waals surface area (Å²) in [7, 11) is 0. The molecule has 0 heterocycles. The Hall–Kier alpha value is -2.20. The third-order valence-corrected chi connectivity index (χ3v) is 2.04. The van der Waals surface area contributed by atoms with Crippen molar-refractivity contribution in [1.29, 1.82) is 0 Å². The van der Waals surface area contributed by atoms with Crippen LogP contribution in [0.2, 0.25) is 0 Å².